The Morgan fingerprint density at radius 2 is 2.08 bits per heavy atom. The number of aliphatic imine (C=N–C) groups is 1. The van der Waals surface area contributed by atoms with Gasteiger partial charge in [0.05, 0.1) is 0 Å². The molecule has 1 atom stereocenters. The fourth-order valence-electron chi connectivity index (χ4n) is 2.85. The van der Waals surface area contributed by atoms with Crippen LogP contribution in [0.3, 0.4) is 0 Å². The number of halogens is 1. The van der Waals surface area contributed by atoms with Crippen LogP contribution in [0.15, 0.2) is 22.5 Å². The molecule has 1 aliphatic rings. The van der Waals surface area contributed by atoms with Crippen molar-refractivity contribution in [1.29, 1.82) is 0 Å². The molecule has 2 heterocycles. The van der Waals surface area contributed by atoms with E-state index >= 15 is 0 Å². The highest BCUT2D eigenvalue weighted by Gasteiger charge is 2.16. The molecular weight excluding hydrogens is 447 g/mol. The summed E-state index contributed by atoms with van der Waals surface area (Å²) in [4.78, 5) is 20.0. The van der Waals surface area contributed by atoms with Gasteiger partial charge >= 0.3 is 0 Å². The van der Waals surface area contributed by atoms with Gasteiger partial charge in [-0.1, -0.05) is 13.0 Å². The summed E-state index contributed by atoms with van der Waals surface area (Å²) in [5, 5.41) is 8.71. The molecule has 25 heavy (non-hydrogen) atoms. The maximum Gasteiger partial charge on any atom is 0.244 e. The summed E-state index contributed by atoms with van der Waals surface area (Å²) in [5.41, 5.74) is 0. The van der Waals surface area contributed by atoms with Crippen molar-refractivity contribution in [3.05, 3.63) is 22.4 Å². The molecule has 0 spiro atoms. The van der Waals surface area contributed by atoms with Crippen LogP contribution in [0.2, 0.25) is 0 Å². The van der Waals surface area contributed by atoms with Crippen LogP contribution in [0.1, 0.15) is 38.0 Å². The van der Waals surface area contributed by atoms with Gasteiger partial charge in [0.25, 0.3) is 0 Å². The van der Waals surface area contributed by atoms with Crippen LogP contribution in [-0.4, -0.2) is 49.5 Å². The predicted molar refractivity (Wildman–Crippen MR) is 117 cm³/mol. The second kappa shape index (κ2) is 12.5. The number of carbonyl (C=O) groups is 1. The number of nitrogens with one attached hydrogen (secondary N) is 2. The molecule has 1 saturated heterocycles. The van der Waals surface area contributed by atoms with Crippen molar-refractivity contribution < 1.29 is 4.79 Å². The molecule has 0 saturated carbocycles. The number of likely N-dealkylation sites (tertiary alicyclic amines) is 1. The van der Waals surface area contributed by atoms with Crippen molar-refractivity contribution in [2.75, 3.05) is 32.7 Å². The van der Waals surface area contributed by atoms with Crippen molar-refractivity contribution in [3.8, 4) is 0 Å². The lowest BCUT2D eigenvalue weighted by Crippen LogP contribution is -2.41. The number of hydrogen-bond donors (Lipinski definition) is 2. The molecule has 2 N–H and O–H groups in total. The fourth-order valence-corrected chi connectivity index (χ4v) is 3.72. The van der Waals surface area contributed by atoms with Gasteiger partial charge in [-0.15, -0.1) is 35.3 Å². The van der Waals surface area contributed by atoms with Crippen LogP contribution < -0.4 is 10.6 Å². The first-order chi connectivity index (χ1) is 11.7. The zero-order valence-corrected chi connectivity index (χ0v) is 18.4. The average Bonchev–Trinajstić information content (AvgIpc) is 3.10. The van der Waals surface area contributed by atoms with E-state index in [2.05, 4.69) is 40.1 Å². The van der Waals surface area contributed by atoms with E-state index in [0.717, 1.165) is 51.4 Å². The van der Waals surface area contributed by atoms with E-state index in [1.807, 2.05) is 11.8 Å². The van der Waals surface area contributed by atoms with E-state index in [0.29, 0.717) is 5.92 Å². The van der Waals surface area contributed by atoms with Gasteiger partial charge in [-0.2, -0.15) is 0 Å². The van der Waals surface area contributed by atoms with Crippen molar-refractivity contribution in [3.63, 3.8) is 0 Å². The third-order valence-corrected chi connectivity index (χ3v) is 5.07. The first-order valence-corrected chi connectivity index (χ1v) is 9.89. The number of piperidine rings is 1. The summed E-state index contributed by atoms with van der Waals surface area (Å²) >= 11 is 1.80. The van der Waals surface area contributed by atoms with Gasteiger partial charge in [0.2, 0.25) is 5.91 Å². The summed E-state index contributed by atoms with van der Waals surface area (Å²) in [7, 11) is 0. The van der Waals surface area contributed by atoms with Gasteiger partial charge in [-0.05, 0) is 50.0 Å². The lowest BCUT2D eigenvalue weighted by molar-refractivity contribution is -0.130. The Morgan fingerprint density at radius 1 is 1.32 bits per heavy atom. The number of nitrogens with zero attached hydrogens (tertiary/aromatic N) is 2. The number of guanidine groups is 1. The summed E-state index contributed by atoms with van der Waals surface area (Å²) in [5.74, 6) is 1.39. The number of carbonyl (C=O) groups excluding carboxylic acids is 1. The number of amides is 1. The lowest BCUT2D eigenvalue weighted by Gasteiger charge is -2.26. The molecule has 1 amide bonds. The molecule has 1 aliphatic heterocycles. The first kappa shape index (κ1) is 22.2. The van der Waals surface area contributed by atoms with Crippen LogP contribution in [0, 0.1) is 5.92 Å². The third kappa shape index (κ3) is 8.40. The van der Waals surface area contributed by atoms with Crippen LogP contribution in [0.5, 0.6) is 0 Å². The molecule has 2 rings (SSSR count). The minimum absolute atomic E-state index is 0. The predicted octanol–water partition coefficient (Wildman–Crippen LogP) is 3.11. The summed E-state index contributed by atoms with van der Waals surface area (Å²) in [6, 6.07) is 4.27. The minimum Gasteiger partial charge on any atom is -0.357 e. The van der Waals surface area contributed by atoms with Crippen molar-refractivity contribution in [2.45, 2.75) is 39.5 Å². The number of thiophene rings is 1. The minimum atomic E-state index is 0. The SMILES string of the molecule is CCNC(=NCC(=O)N1CCCCC1)NCC(C)Cc1cccs1.I. The van der Waals surface area contributed by atoms with Gasteiger partial charge in [-0.25, -0.2) is 4.99 Å². The molecule has 0 aromatic carbocycles. The lowest BCUT2D eigenvalue weighted by atomic mass is 10.1. The zero-order valence-electron chi connectivity index (χ0n) is 15.3. The van der Waals surface area contributed by atoms with Gasteiger partial charge in [0, 0.05) is 31.1 Å². The molecule has 142 valence electrons. The average molecular weight is 478 g/mol. The monoisotopic (exact) mass is 478 g/mol. The first-order valence-electron chi connectivity index (χ1n) is 9.01. The molecular formula is C18H31IN4OS. The van der Waals surface area contributed by atoms with Gasteiger partial charge in [0.15, 0.2) is 5.96 Å². The maximum absolute atomic E-state index is 12.2. The van der Waals surface area contributed by atoms with Crippen molar-refractivity contribution >= 4 is 47.2 Å². The molecule has 1 aromatic heterocycles. The Labute approximate surface area is 172 Å². The Hall–Kier alpha value is -0.830. The highest BCUT2D eigenvalue weighted by atomic mass is 127. The van der Waals surface area contributed by atoms with Crippen LogP contribution >= 0.6 is 35.3 Å². The van der Waals surface area contributed by atoms with Crippen LogP contribution in [0.4, 0.5) is 0 Å². The van der Waals surface area contributed by atoms with Crippen molar-refractivity contribution in [1.82, 2.24) is 15.5 Å². The summed E-state index contributed by atoms with van der Waals surface area (Å²) < 4.78 is 0. The molecule has 0 bridgehead atoms. The van der Waals surface area contributed by atoms with E-state index in [-0.39, 0.29) is 36.4 Å². The number of hydrogen-bond acceptors (Lipinski definition) is 3. The molecule has 1 aromatic rings. The molecule has 0 aliphatic carbocycles. The Kier molecular flexibility index (Phi) is 11.1. The van der Waals surface area contributed by atoms with Crippen molar-refractivity contribution in [2.24, 2.45) is 10.9 Å². The highest BCUT2D eigenvalue weighted by molar-refractivity contribution is 14.0. The Balaban J connectivity index is 0.00000312. The smallest absolute Gasteiger partial charge is 0.244 e. The van der Waals surface area contributed by atoms with Gasteiger partial charge < -0.3 is 15.5 Å². The fraction of sp³-hybridized carbons (Fsp3) is 0.667. The molecule has 7 heteroatoms. The van der Waals surface area contributed by atoms with Gasteiger partial charge in [-0.3, -0.25) is 4.79 Å². The third-order valence-electron chi connectivity index (χ3n) is 4.17. The Morgan fingerprint density at radius 3 is 2.72 bits per heavy atom. The van der Waals surface area contributed by atoms with Crippen LogP contribution in [0.25, 0.3) is 0 Å². The molecule has 5 nitrogen and oxygen atoms in total. The van der Waals surface area contributed by atoms with E-state index in [9.17, 15) is 4.79 Å². The zero-order chi connectivity index (χ0) is 17.2. The molecule has 1 unspecified atom stereocenters. The van der Waals surface area contributed by atoms with E-state index in [1.165, 1.54) is 11.3 Å². The molecule has 0 radical (unpaired) electrons. The topological polar surface area (TPSA) is 56.7 Å². The number of rotatable bonds is 7. The highest BCUT2D eigenvalue weighted by Crippen LogP contribution is 2.13. The summed E-state index contributed by atoms with van der Waals surface area (Å²) in [6.07, 6.45) is 4.54. The van der Waals surface area contributed by atoms with Crippen LogP contribution in [-0.2, 0) is 11.2 Å². The second-order valence-corrected chi connectivity index (χ2v) is 7.44. The normalized spacial score (nSPS) is 16.1. The standard InChI is InChI=1S/C18H30N4OS.HI/c1-3-19-18(20-13-15(2)12-16-8-7-11-24-16)21-14-17(23)22-9-5-4-6-10-22;/h7-8,11,15H,3-6,9-10,12-14H2,1-2H3,(H2,19,20,21);1H. The summed E-state index contributed by atoms with van der Waals surface area (Å²) in [6.45, 7) is 7.92. The van der Waals surface area contributed by atoms with E-state index in [1.54, 1.807) is 11.3 Å². The van der Waals surface area contributed by atoms with E-state index < -0.39 is 0 Å². The Bertz CT molecular complexity index is 515. The van der Waals surface area contributed by atoms with E-state index in [4.69, 9.17) is 0 Å². The quantitative estimate of drug-likeness (QED) is 0.360. The second-order valence-electron chi connectivity index (χ2n) is 6.41. The largest absolute Gasteiger partial charge is 0.357 e. The molecule has 1 fully saturated rings. The van der Waals surface area contributed by atoms with Gasteiger partial charge in [0.1, 0.15) is 6.54 Å². The maximum atomic E-state index is 12.2.